The number of anilines is 1. The predicted octanol–water partition coefficient (Wildman–Crippen LogP) is 1.40. The summed E-state index contributed by atoms with van der Waals surface area (Å²) in [5.74, 6) is 0.756. The average molecular weight is 259 g/mol. The molecule has 2 N–H and O–H groups in total. The monoisotopic (exact) mass is 258 g/mol. The molecular weight excluding hydrogens is 244 g/mol. The second kappa shape index (κ2) is 5.75. The van der Waals surface area contributed by atoms with Crippen LogP contribution < -0.4 is 15.4 Å². The van der Waals surface area contributed by atoms with Crippen molar-refractivity contribution >= 4 is 24.2 Å². The molecule has 94 valence electrons. The number of carbonyl (C=O) groups is 1. The van der Waals surface area contributed by atoms with Crippen LogP contribution in [0, 0.1) is 0 Å². The van der Waals surface area contributed by atoms with E-state index in [-0.39, 0.29) is 24.6 Å². The first-order valence-electron chi connectivity index (χ1n) is 5.07. The normalized spacial score (nSPS) is 18.6. The van der Waals surface area contributed by atoms with Gasteiger partial charge in [-0.1, -0.05) is 0 Å². The molecule has 17 heavy (non-hydrogen) atoms. The fraction of sp³-hybridized carbons (Fsp3) is 0.364. The number of nitrogens with two attached hydrogens (primary N) is 1. The molecular formula is C11H15ClN2O3. The van der Waals surface area contributed by atoms with Crippen molar-refractivity contribution < 1.29 is 14.3 Å². The smallest absolute Gasteiger partial charge is 0.414 e. The SMILES string of the molecule is COc1ccc(N2CC(CN)OC2=O)cc1.Cl. The molecule has 0 aromatic heterocycles. The molecule has 1 atom stereocenters. The summed E-state index contributed by atoms with van der Waals surface area (Å²) < 4.78 is 10.1. The number of halogens is 1. The number of rotatable bonds is 3. The Morgan fingerprint density at radius 2 is 2.12 bits per heavy atom. The van der Waals surface area contributed by atoms with Gasteiger partial charge in [0.05, 0.1) is 13.7 Å². The van der Waals surface area contributed by atoms with Crippen LogP contribution in [0.25, 0.3) is 0 Å². The van der Waals surface area contributed by atoms with Gasteiger partial charge in [-0.05, 0) is 24.3 Å². The molecule has 1 saturated heterocycles. The van der Waals surface area contributed by atoms with Gasteiger partial charge in [-0.15, -0.1) is 12.4 Å². The molecule has 1 aliphatic rings. The van der Waals surface area contributed by atoms with Crippen molar-refractivity contribution in [2.24, 2.45) is 5.73 Å². The van der Waals surface area contributed by atoms with Gasteiger partial charge in [0.2, 0.25) is 0 Å². The highest BCUT2D eigenvalue weighted by atomic mass is 35.5. The first-order chi connectivity index (χ1) is 7.74. The highest BCUT2D eigenvalue weighted by Gasteiger charge is 2.31. The van der Waals surface area contributed by atoms with E-state index in [1.807, 2.05) is 12.1 Å². The second-order valence-corrected chi connectivity index (χ2v) is 3.55. The van der Waals surface area contributed by atoms with Gasteiger partial charge >= 0.3 is 6.09 Å². The third-order valence-electron chi connectivity index (χ3n) is 2.52. The fourth-order valence-corrected chi connectivity index (χ4v) is 1.62. The summed E-state index contributed by atoms with van der Waals surface area (Å²) in [6, 6.07) is 7.24. The van der Waals surface area contributed by atoms with Crippen molar-refractivity contribution in [1.82, 2.24) is 0 Å². The summed E-state index contributed by atoms with van der Waals surface area (Å²) in [6.07, 6.45) is -0.560. The zero-order valence-corrected chi connectivity index (χ0v) is 10.3. The summed E-state index contributed by atoms with van der Waals surface area (Å²) >= 11 is 0. The Hall–Kier alpha value is -1.46. The Labute approximate surface area is 106 Å². The maximum atomic E-state index is 11.5. The number of amides is 1. The van der Waals surface area contributed by atoms with Crippen molar-refractivity contribution in [2.75, 3.05) is 25.1 Å². The van der Waals surface area contributed by atoms with Gasteiger partial charge in [0, 0.05) is 12.2 Å². The van der Waals surface area contributed by atoms with Crippen molar-refractivity contribution in [1.29, 1.82) is 0 Å². The van der Waals surface area contributed by atoms with Gasteiger partial charge in [-0.2, -0.15) is 0 Å². The molecule has 1 fully saturated rings. The molecule has 2 rings (SSSR count). The number of methoxy groups -OCH3 is 1. The minimum Gasteiger partial charge on any atom is -0.497 e. The molecule has 1 aliphatic heterocycles. The third kappa shape index (κ3) is 2.81. The van der Waals surface area contributed by atoms with Crippen LogP contribution in [0.1, 0.15) is 0 Å². The Bertz CT molecular complexity index is 383. The first kappa shape index (κ1) is 13.6. The summed E-state index contributed by atoms with van der Waals surface area (Å²) in [6.45, 7) is 0.847. The zero-order chi connectivity index (χ0) is 11.5. The van der Waals surface area contributed by atoms with Crippen LogP contribution in [0.3, 0.4) is 0 Å². The van der Waals surface area contributed by atoms with Crippen LogP contribution in [0.2, 0.25) is 0 Å². The van der Waals surface area contributed by atoms with Gasteiger partial charge < -0.3 is 15.2 Å². The highest BCUT2D eigenvalue weighted by molar-refractivity contribution is 5.89. The Balaban J connectivity index is 0.00000144. The maximum Gasteiger partial charge on any atom is 0.414 e. The van der Waals surface area contributed by atoms with Crippen LogP contribution >= 0.6 is 12.4 Å². The van der Waals surface area contributed by atoms with Gasteiger partial charge in [0.25, 0.3) is 0 Å². The van der Waals surface area contributed by atoms with Crippen molar-refractivity contribution in [2.45, 2.75) is 6.10 Å². The summed E-state index contributed by atoms with van der Waals surface area (Å²) in [5.41, 5.74) is 6.25. The van der Waals surface area contributed by atoms with E-state index in [1.165, 1.54) is 0 Å². The number of ether oxygens (including phenoxy) is 2. The molecule has 1 heterocycles. The maximum absolute atomic E-state index is 11.5. The van der Waals surface area contributed by atoms with Crippen LogP contribution in [0.4, 0.5) is 10.5 Å². The molecule has 1 aromatic rings. The predicted molar refractivity (Wildman–Crippen MR) is 66.9 cm³/mol. The molecule has 1 unspecified atom stereocenters. The van der Waals surface area contributed by atoms with E-state index in [0.29, 0.717) is 13.1 Å². The van der Waals surface area contributed by atoms with E-state index in [2.05, 4.69) is 0 Å². The van der Waals surface area contributed by atoms with Crippen molar-refractivity contribution in [3.8, 4) is 5.75 Å². The number of nitrogens with zero attached hydrogens (tertiary/aromatic N) is 1. The lowest BCUT2D eigenvalue weighted by Crippen LogP contribution is -2.27. The van der Waals surface area contributed by atoms with Crippen LogP contribution in [-0.2, 0) is 4.74 Å². The highest BCUT2D eigenvalue weighted by Crippen LogP contribution is 2.23. The molecule has 1 aromatic carbocycles. The number of hydrogen-bond acceptors (Lipinski definition) is 4. The lowest BCUT2D eigenvalue weighted by Gasteiger charge is -2.12. The second-order valence-electron chi connectivity index (χ2n) is 3.55. The topological polar surface area (TPSA) is 64.8 Å². The minimum absolute atomic E-state index is 0. The van der Waals surface area contributed by atoms with E-state index in [4.69, 9.17) is 15.2 Å². The van der Waals surface area contributed by atoms with Gasteiger partial charge in [-0.3, -0.25) is 4.90 Å². The zero-order valence-electron chi connectivity index (χ0n) is 9.46. The van der Waals surface area contributed by atoms with E-state index in [9.17, 15) is 4.79 Å². The Morgan fingerprint density at radius 1 is 1.47 bits per heavy atom. The molecule has 0 radical (unpaired) electrons. The van der Waals surface area contributed by atoms with Crippen LogP contribution in [0.5, 0.6) is 5.75 Å². The fourth-order valence-electron chi connectivity index (χ4n) is 1.62. The van der Waals surface area contributed by atoms with E-state index in [0.717, 1.165) is 11.4 Å². The van der Waals surface area contributed by atoms with Crippen molar-refractivity contribution in [3.05, 3.63) is 24.3 Å². The standard InChI is InChI=1S/C11H14N2O3.ClH/c1-15-9-4-2-8(3-5-9)13-7-10(6-12)16-11(13)14;/h2-5,10H,6-7,12H2,1H3;1H. The van der Waals surface area contributed by atoms with Crippen molar-refractivity contribution in [3.63, 3.8) is 0 Å². The molecule has 1 amide bonds. The molecule has 0 aliphatic carbocycles. The third-order valence-corrected chi connectivity index (χ3v) is 2.52. The molecule has 5 nitrogen and oxygen atoms in total. The van der Waals surface area contributed by atoms with E-state index >= 15 is 0 Å². The average Bonchev–Trinajstić information content (AvgIpc) is 2.71. The van der Waals surface area contributed by atoms with Gasteiger partial charge in [0.1, 0.15) is 11.9 Å². The molecule has 0 saturated carbocycles. The van der Waals surface area contributed by atoms with E-state index in [1.54, 1.807) is 24.1 Å². The number of carbonyl (C=O) groups excluding carboxylic acids is 1. The molecule has 6 heteroatoms. The van der Waals surface area contributed by atoms with Gasteiger partial charge in [-0.25, -0.2) is 4.79 Å². The molecule has 0 bridgehead atoms. The Kier molecular flexibility index (Phi) is 4.60. The first-order valence-corrected chi connectivity index (χ1v) is 5.07. The minimum atomic E-state index is -0.347. The number of cyclic esters (lactones) is 1. The van der Waals surface area contributed by atoms with Crippen LogP contribution in [0.15, 0.2) is 24.3 Å². The van der Waals surface area contributed by atoms with E-state index < -0.39 is 0 Å². The quantitative estimate of drug-likeness (QED) is 0.890. The largest absolute Gasteiger partial charge is 0.497 e. The summed E-state index contributed by atoms with van der Waals surface area (Å²) in [4.78, 5) is 13.1. The lowest BCUT2D eigenvalue weighted by atomic mass is 10.2. The summed E-state index contributed by atoms with van der Waals surface area (Å²) in [7, 11) is 1.60. The lowest BCUT2D eigenvalue weighted by molar-refractivity contribution is 0.145. The number of hydrogen-bond donors (Lipinski definition) is 1. The van der Waals surface area contributed by atoms with Crippen LogP contribution in [-0.4, -0.2) is 32.4 Å². The summed E-state index contributed by atoms with van der Waals surface area (Å²) in [5, 5.41) is 0. The Morgan fingerprint density at radius 3 is 2.59 bits per heavy atom. The number of benzene rings is 1. The van der Waals surface area contributed by atoms with Gasteiger partial charge in [0.15, 0.2) is 0 Å². The molecule has 0 spiro atoms.